The van der Waals surface area contributed by atoms with E-state index in [9.17, 15) is 5.11 Å². The number of phenols is 1. The van der Waals surface area contributed by atoms with E-state index in [1.807, 2.05) is 49.4 Å². The number of ether oxygens (including phenoxy) is 2. The molecule has 0 radical (unpaired) electrons. The summed E-state index contributed by atoms with van der Waals surface area (Å²) in [5, 5.41) is 13.1. The molecule has 1 aromatic heterocycles. The van der Waals surface area contributed by atoms with Crippen LogP contribution < -0.4 is 9.47 Å². The number of nitrogens with zero attached hydrogens (tertiary/aromatic N) is 1. The van der Waals surface area contributed by atoms with Crippen LogP contribution in [0, 0.1) is 12.8 Å². The predicted octanol–water partition coefficient (Wildman–Crippen LogP) is 10.9. The first-order valence-electron chi connectivity index (χ1n) is 16.6. The van der Waals surface area contributed by atoms with Crippen LogP contribution in [-0.2, 0) is 0 Å². The van der Waals surface area contributed by atoms with E-state index in [1.54, 1.807) is 6.07 Å². The number of hydrogen-bond acceptors (Lipinski definition) is 3. The van der Waals surface area contributed by atoms with E-state index >= 15 is 0 Å². The second-order valence-corrected chi connectivity index (χ2v) is 12.7. The van der Waals surface area contributed by atoms with E-state index in [2.05, 4.69) is 97.3 Å². The summed E-state index contributed by atoms with van der Waals surface area (Å²) in [5.74, 6) is 2.22. The lowest BCUT2D eigenvalue weighted by molar-refractivity contribution is 0.247. The molecule has 1 N–H and O–H groups in total. The minimum Gasteiger partial charge on any atom is -0.507 e. The van der Waals surface area contributed by atoms with Crippen LogP contribution in [0.5, 0.6) is 17.2 Å². The highest BCUT2D eigenvalue weighted by Gasteiger charge is 2.25. The molecule has 0 amide bonds. The van der Waals surface area contributed by atoms with E-state index < -0.39 is 0 Å². The average Bonchev–Trinajstić information content (AvgIpc) is 3.34. The number of aryl methyl sites for hydroxylation is 1. The summed E-state index contributed by atoms with van der Waals surface area (Å²) < 4.78 is 15.2. The van der Waals surface area contributed by atoms with Gasteiger partial charge >= 0.3 is 0 Å². The molecule has 0 saturated heterocycles. The van der Waals surface area contributed by atoms with E-state index in [-0.39, 0.29) is 11.8 Å². The van der Waals surface area contributed by atoms with Crippen LogP contribution in [0.4, 0.5) is 0 Å². The van der Waals surface area contributed by atoms with Crippen LogP contribution in [0.15, 0.2) is 133 Å². The van der Waals surface area contributed by atoms with Gasteiger partial charge < -0.3 is 19.1 Å². The fraction of sp³-hybridized carbons (Fsp3) is 0.209. The molecule has 7 rings (SSSR count). The Morgan fingerprint density at radius 2 is 1.26 bits per heavy atom. The number of benzene rings is 5. The number of para-hydroxylation sites is 4. The standard InChI is InChI=1S/C43H41NO3/c1-29-21-22-41(45)38(26-29)36-16-7-11-20-43(36)47-24-12-23-46-42-19-10-6-15-35(42)37-27-30(2)25-32(28-31(37)3)44-39-17-8-4-13-33(39)34-14-5-9-18-40(34)44/h4-11,13-22,25-27,31-32,45H,12,23-24,28H2,1-3H3. The highest BCUT2D eigenvalue weighted by atomic mass is 16.5. The summed E-state index contributed by atoms with van der Waals surface area (Å²) in [6.45, 7) is 7.62. The minimum absolute atomic E-state index is 0.235. The lowest BCUT2D eigenvalue weighted by atomic mass is 9.89. The van der Waals surface area contributed by atoms with Crippen LogP contribution in [0.3, 0.4) is 0 Å². The molecule has 47 heavy (non-hydrogen) atoms. The Labute approximate surface area is 277 Å². The monoisotopic (exact) mass is 619 g/mol. The van der Waals surface area contributed by atoms with Crippen molar-refractivity contribution in [2.75, 3.05) is 13.2 Å². The van der Waals surface area contributed by atoms with Gasteiger partial charge in [-0.3, -0.25) is 0 Å². The van der Waals surface area contributed by atoms with Gasteiger partial charge in [-0.15, -0.1) is 0 Å². The maximum atomic E-state index is 10.5. The molecule has 1 heterocycles. The molecule has 5 aromatic carbocycles. The summed E-state index contributed by atoms with van der Waals surface area (Å²) in [4.78, 5) is 0. The van der Waals surface area contributed by atoms with Crippen molar-refractivity contribution in [2.45, 2.75) is 39.7 Å². The molecule has 2 atom stereocenters. The van der Waals surface area contributed by atoms with Crippen molar-refractivity contribution in [2.24, 2.45) is 5.92 Å². The Kier molecular flexibility index (Phi) is 8.58. The SMILES string of the molecule is CC1=CC(n2c3ccccc3c3ccccc32)CC(C)C(c2ccccc2OCCCOc2ccccc2-c2cc(C)ccc2O)=C1. The third-order valence-corrected chi connectivity index (χ3v) is 9.24. The lowest BCUT2D eigenvalue weighted by Gasteiger charge is -2.23. The summed E-state index contributed by atoms with van der Waals surface area (Å²) in [5.41, 5.74) is 9.03. The van der Waals surface area contributed by atoms with E-state index in [0.717, 1.165) is 46.6 Å². The number of phenolic OH excluding ortho intramolecular Hbond substituents is 1. The van der Waals surface area contributed by atoms with E-state index in [4.69, 9.17) is 9.47 Å². The quantitative estimate of drug-likeness (QED) is 0.164. The molecule has 1 aliphatic carbocycles. The van der Waals surface area contributed by atoms with E-state index in [0.29, 0.717) is 19.1 Å². The van der Waals surface area contributed by atoms with Gasteiger partial charge in [0, 0.05) is 44.9 Å². The third kappa shape index (κ3) is 6.16. The average molecular weight is 620 g/mol. The first-order valence-corrected chi connectivity index (χ1v) is 16.6. The van der Waals surface area contributed by atoms with Gasteiger partial charge in [0.2, 0.25) is 0 Å². The number of allylic oxidation sites excluding steroid dienone is 4. The van der Waals surface area contributed by atoms with Gasteiger partial charge in [-0.2, -0.15) is 0 Å². The molecule has 1 aliphatic rings. The van der Waals surface area contributed by atoms with Crippen LogP contribution in [0.1, 0.15) is 43.9 Å². The number of rotatable bonds is 9. The normalized spacial score (nSPS) is 16.5. The summed E-state index contributed by atoms with van der Waals surface area (Å²) >= 11 is 0. The maximum Gasteiger partial charge on any atom is 0.127 e. The fourth-order valence-electron chi connectivity index (χ4n) is 7.06. The molecule has 6 aromatic rings. The van der Waals surface area contributed by atoms with Gasteiger partial charge in [0.25, 0.3) is 0 Å². The summed E-state index contributed by atoms with van der Waals surface area (Å²) in [6.07, 6.45) is 6.49. The highest BCUT2D eigenvalue weighted by molar-refractivity contribution is 6.08. The third-order valence-electron chi connectivity index (χ3n) is 9.24. The molecule has 0 saturated carbocycles. The zero-order valence-corrected chi connectivity index (χ0v) is 27.3. The van der Waals surface area contributed by atoms with Crippen molar-refractivity contribution in [3.8, 4) is 28.4 Å². The van der Waals surface area contributed by atoms with Crippen molar-refractivity contribution in [3.05, 3.63) is 144 Å². The van der Waals surface area contributed by atoms with Gasteiger partial charge in [-0.05, 0) is 68.2 Å². The second kappa shape index (κ2) is 13.3. The van der Waals surface area contributed by atoms with Crippen molar-refractivity contribution >= 4 is 27.4 Å². The fourth-order valence-corrected chi connectivity index (χ4v) is 7.06. The van der Waals surface area contributed by atoms with Crippen LogP contribution >= 0.6 is 0 Å². The molecule has 2 unspecified atom stereocenters. The summed E-state index contributed by atoms with van der Waals surface area (Å²) in [7, 11) is 0. The van der Waals surface area contributed by atoms with E-state index in [1.165, 1.54) is 33.0 Å². The van der Waals surface area contributed by atoms with Gasteiger partial charge in [0.1, 0.15) is 17.2 Å². The first kappa shape index (κ1) is 30.4. The molecule has 4 nitrogen and oxygen atoms in total. The second-order valence-electron chi connectivity index (χ2n) is 12.7. The van der Waals surface area contributed by atoms with Crippen LogP contribution in [-0.4, -0.2) is 22.9 Å². The highest BCUT2D eigenvalue weighted by Crippen LogP contribution is 2.42. The van der Waals surface area contributed by atoms with Crippen molar-refractivity contribution in [1.29, 1.82) is 0 Å². The number of aromatic nitrogens is 1. The molecule has 0 bridgehead atoms. The Balaban J connectivity index is 1.05. The van der Waals surface area contributed by atoms with Crippen molar-refractivity contribution in [3.63, 3.8) is 0 Å². The zero-order valence-electron chi connectivity index (χ0n) is 27.3. The molecule has 0 fully saturated rings. The topological polar surface area (TPSA) is 43.6 Å². The van der Waals surface area contributed by atoms with Crippen molar-refractivity contribution < 1.29 is 14.6 Å². The van der Waals surface area contributed by atoms with Gasteiger partial charge in [-0.25, -0.2) is 0 Å². The van der Waals surface area contributed by atoms with Gasteiger partial charge in [0.15, 0.2) is 0 Å². The molecule has 236 valence electrons. The van der Waals surface area contributed by atoms with Crippen LogP contribution in [0.2, 0.25) is 0 Å². The molecular weight excluding hydrogens is 578 g/mol. The predicted molar refractivity (Wildman–Crippen MR) is 194 cm³/mol. The minimum atomic E-state index is 0.235. The Hall–Kier alpha value is -5.22. The molecule has 4 heteroatoms. The van der Waals surface area contributed by atoms with Gasteiger partial charge in [-0.1, -0.05) is 109 Å². The Bertz CT molecular complexity index is 2060. The Morgan fingerprint density at radius 3 is 1.94 bits per heavy atom. The van der Waals surface area contributed by atoms with Crippen molar-refractivity contribution in [1.82, 2.24) is 4.57 Å². The number of hydrogen-bond donors (Lipinski definition) is 1. The first-order chi connectivity index (χ1) is 23.0. The van der Waals surface area contributed by atoms with Gasteiger partial charge in [0.05, 0.1) is 19.3 Å². The largest absolute Gasteiger partial charge is 0.507 e. The number of aromatic hydroxyl groups is 1. The smallest absolute Gasteiger partial charge is 0.127 e. The molecule has 0 spiro atoms. The zero-order chi connectivity index (χ0) is 32.3. The van der Waals surface area contributed by atoms with Crippen LogP contribution in [0.25, 0.3) is 38.5 Å². The molecule has 0 aliphatic heterocycles. The molecular formula is C43H41NO3. The lowest BCUT2D eigenvalue weighted by Crippen LogP contribution is -2.11. The maximum absolute atomic E-state index is 10.5. The Morgan fingerprint density at radius 1 is 0.681 bits per heavy atom. The number of fused-ring (bicyclic) bond motifs is 3. The summed E-state index contributed by atoms with van der Waals surface area (Å²) in [6, 6.07) is 39.7.